The fourth-order valence-electron chi connectivity index (χ4n) is 4.40. The van der Waals surface area contributed by atoms with Gasteiger partial charge in [0.2, 0.25) is 12.6 Å². The van der Waals surface area contributed by atoms with Gasteiger partial charge in [0.05, 0.1) is 11.1 Å². The Bertz CT molecular complexity index is 1030. The highest BCUT2D eigenvalue weighted by atomic mass is 16.7. The van der Waals surface area contributed by atoms with Crippen LogP contribution in [-0.4, -0.2) is 35.7 Å². The number of fused-ring (bicyclic) bond motifs is 2. The monoisotopic (exact) mass is 407 g/mol. The van der Waals surface area contributed by atoms with Gasteiger partial charge >= 0.3 is 0 Å². The van der Waals surface area contributed by atoms with Gasteiger partial charge in [-0.15, -0.1) is 0 Å². The first-order valence-electron chi connectivity index (χ1n) is 10.5. The zero-order chi connectivity index (χ0) is 20.7. The maximum atomic E-state index is 13.1. The van der Waals surface area contributed by atoms with Gasteiger partial charge in [-0.05, 0) is 68.3 Å². The molecule has 0 aromatic heterocycles. The van der Waals surface area contributed by atoms with Crippen molar-refractivity contribution in [1.82, 2.24) is 4.90 Å². The van der Waals surface area contributed by atoms with Gasteiger partial charge in [-0.3, -0.25) is 9.69 Å². The molecule has 0 amide bonds. The van der Waals surface area contributed by atoms with Crippen molar-refractivity contribution < 1.29 is 24.1 Å². The largest absolute Gasteiger partial charge is 0.507 e. The predicted octanol–water partition coefficient (Wildman–Crippen LogP) is 4.42. The summed E-state index contributed by atoms with van der Waals surface area (Å²) in [6.45, 7) is 4.61. The Hall–Kier alpha value is -2.99. The lowest BCUT2D eigenvalue weighted by atomic mass is 9.99. The predicted molar refractivity (Wildman–Crippen MR) is 112 cm³/mol. The Labute approximate surface area is 175 Å². The van der Waals surface area contributed by atoms with E-state index >= 15 is 0 Å². The summed E-state index contributed by atoms with van der Waals surface area (Å²) in [5, 5.41) is 10.7. The normalized spacial score (nSPS) is 19.6. The molecule has 2 aromatic rings. The summed E-state index contributed by atoms with van der Waals surface area (Å²) in [5.74, 6) is 2.14. The molecule has 30 heavy (non-hydrogen) atoms. The number of Topliss-reactive ketones (excluding diaryl/α,β-unsaturated/α-hetero) is 1. The molecule has 5 rings (SSSR count). The minimum atomic E-state index is -0.155. The number of rotatable bonds is 3. The average molecular weight is 407 g/mol. The van der Waals surface area contributed by atoms with E-state index in [4.69, 9.17) is 14.2 Å². The maximum absolute atomic E-state index is 13.1. The number of phenols is 1. The molecule has 3 aliphatic rings. The molecular weight excluding hydrogens is 382 g/mol. The molecule has 2 aromatic carbocycles. The first-order valence-corrected chi connectivity index (χ1v) is 10.5. The number of carbonyl (C=O) groups is 1. The molecule has 3 aliphatic heterocycles. The van der Waals surface area contributed by atoms with Gasteiger partial charge in [0.1, 0.15) is 11.5 Å². The third kappa shape index (κ3) is 3.41. The molecule has 1 saturated heterocycles. The van der Waals surface area contributed by atoms with E-state index in [0.29, 0.717) is 34.9 Å². The summed E-state index contributed by atoms with van der Waals surface area (Å²) in [7, 11) is 0. The third-order valence-corrected chi connectivity index (χ3v) is 6.00. The second-order valence-corrected chi connectivity index (χ2v) is 8.14. The smallest absolute Gasteiger partial charge is 0.232 e. The van der Waals surface area contributed by atoms with Crippen LogP contribution >= 0.6 is 0 Å². The number of nitrogens with zero attached hydrogens (tertiary/aromatic N) is 1. The van der Waals surface area contributed by atoms with Crippen LogP contribution in [0.25, 0.3) is 6.08 Å². The second-order valence-electron chi connectivity index (χ2n) is 8.14. The fraction of sp³-hybridized carbons (Fsp3) is 0.375. The molecule has 6 nitrogen and oxygen atoms in total. The average Bonchev–Trinajstić information content (AvgIpc) is 3.21. The summed E-state index contributed by atoms with van der Waals surface area (Å²) in [4.78, 5) is 15.5. The van der Waals surface area contributed by atoms with Gasteiger partial charge in [0.25, 0.3) is 0 Å². The van der Waals surface area contributed by atoms with Crippen LogP contribution < -0.4 is 14.2 Å². The SMILES string of the molecule is Cc1cc(O)c(CN2CCCCCC2)c2c1C(=O)/C(=C/c1ccc3c(c1)OCO3)O2. The number of hydrogen-bond acceptors (Lipinski definition) is 6. The summed E-state index contributed by atoms with van der Waals surface area (Å²) in [6, 6.07) is 7.19. The molecule has 0 bridgehead atoms. The molecule has 0 atom stereocenters. The summed E-state index contributed by atoms with van der Waals surface area (Å²) in [5.41, 5.74) is 2.76. The van der Waals surface area contributed by atoms with Crippen LogP contribution in [0.5, 0.6) is 23.0 Å². The Morgan fingerprint density at radius 1 is 1.07 bits per heavy atom. The van der Waals surface area contributed by atoms with Crippen LogP contribution in [0.1, 0.15) is 52.7 Å². The van der Waals surface area contributed by atoms with E-state index in [0.717, 1.165) is 37.1 Å². The number of ether oxygens (including phenoxy) is 3. The van der Waals surface area contributed by atoms with Crippen LogP contribution in [-0.2, 0) is 6.54 Å². The Morgan fingerprint density at radius 3 is 2.63 bits per heavy atom. The molecule has 156 valence electrons. The molecule has 1 N–H and O–H groups in total. The van der Waals surface area contributed by atoms with E-state index in [-0.39, 0.29) is 24.1 Å². The van der Waals surface area contributed by atoms with Crippen LogP contribution in [0.2, 0.25) is 0 Å². The first kappa shape index (κ1) is 19.0. The van der Waals surface area contributed by atoms with Crippen molar-refractivity contribution in [2.24, 2.45) is 0 Å². The van der Waals surface area contributed by atoms with Crippen molar-refractivity contribution in [2.75, 3.05) is 19.9 Å². The van der Waals surface area contributed by atoms with Gasteiger partial charge < -0.3 is 19.3 Å². The van der Waals surface area contributed by atoms with E-state index in [1.807, 2.05) is 25.1 Å². The molecule has 0 unspecified atom stereocenters. The van der Waals surface area contributed by atoms with Crippen LogP contribution in [0.15, 0.2) is 30.0 Å². The number of carbonyl (C=O) groups excluding carboxylic acids is 1. The third-order valence-electron chi connectivity index (χ3n) is 6.00. The van der Waals surface area contributed by atoms with Gasteiger partial charge in [-0.2, -0.15) is 0 Å². The highest BCUT2D eigenvalue weighted by Gasteiger charge is 2.33. The molecule has 0 aliphatic carbocycles. The van der Waals surface area contributed by atoms with Gasteiger partial charge in [0, 0.05) is 6.54 Å². The molecule has 0 radical (unpaired) electrons. The van der Waals surface area contributed by atoms with E-state index in [1.165, 1.54) is 12.8 Å². The minimum absolute atomic E-state index is 0.155. The lowest BCUT2D eigenvalue weighted by Gasteiger charge is -2.22. The number of allylic oxidation sites excluding steroid dienone is 1. The lowest BCUT2D eigenvalue weighted by Crippen LogP contribution is -2.24. The standard InChI is InChI=1S/C24H25NO5/c1-15-10-18(26)17(13-25-8-4-2-3-5-9-25)24-22(15)23(27)21(30-24)12-16-6-7-19-20(11-16)29-14-28-19/h6-7,10-12,26H,2-5,8-9,13-14H2,1H3/b21-12-. The van der Waals surface area contributed by atoms with Crippen LogP contribution in [0.3, 0.4) is 0 Å². The molecule has 1 fully saturated rings. The Morgan fingerprint density at radius 2 is 1.83 bits per heavy atom. The lowest BCUT2D eigenvalue weighted by molar-refractivity contribution is 0.101. The Kier molecular flexibility index (Phi) is 4.87. The molecular formula is C24H25NO5. The van der Waals surface area contributed by atoms with Crippen molar-refractivity contribution in [1.29, 1.82) is 0 Å². The topological polar surface area (TPSA) is 68.2 Å². The van der Waals surface area contributed by atoms with Crippen molar-refractivity contribution in [3.63, 3.8) is 0 Å². The summed E-state index contributed by atoms with van der Waals surface area (Å²) >= 11 is 0. The van der Waals surface area contributed by atoms with Crippen molar-refractivity contribution in [3.8, 4) is 23.0 Å². The van der Waals surface area contributed by atoms with Crippen molar-refractivity contribution >= 4 is 11.9 Å². The van der Waals surface area contributed by atoms with Gasteiger partial charge in [0.15, 0.2) is 17.3 Å². The molecule has 3 heterocycles. The minimum Gasteiger partial charge on any atom is -0.507 e. The zero-order valence-corrected chi connectivity index (χ0v) is 17.1. The zero-order valence-electron chi connectivity index (χ0n) is 17.1. The fourth-order valence-corrected chi connectivity index (χ4v) is 4.40. The van der Waals surface area contributed by atoms with Crippen molar-refractivity contribution in [2.45, 2.75) is 39.2 Å². The number of ketones is 1. The number of hydrogen-bond donors (Lipinski definition) is 1. The number of likely N-dealkylation sites (tertiary alicyclic amines) is 1. The van der Waals surface area contributed by atoms with Crippen LogP contribution in [0.4, 0.5) is 0 Å². The Balaban J connectivity index is 1.48. The van der Waals surface area contributed by atoms with Crippen LogP contribution in [0, 0.1) is 6.92 Å². The highest BCUT2D eigenvalue weighted by molar-refractivity contribution is 6.15. The number of phenolic OH excluding ortho intramolecular Hbond substituents is 1. The molecule has 0 spiro atoms. The second kappa shape index (κ2) is 7.69. The van der Waals surface area contributed by atoms with E-state index < -0.39 is 0 Å². The number of aryl methyl sites for hydroxylation is 1. The van der Waals surface area contributed by atoms with E-state index in [2.05, 4.69) is 4.90 Å². The summed E-state index contributed by atoms with van der Waals surface area (Å²) in [6.07, 6.45) is 6.52. The first-order chi connectivity index (χ1) is 14.6. The molecule has 6 heteroatoms. The van der Waals surface area contributed by atoms with Gasteiger partial charge in [-0.1, -0.05) is 18.9 Å². The molecule has 0 saturated carbocycles. The van der Waals surface area contributed by atoms with Gasteiger partial charge in [-0.25, -0.2) is 0 Å². The summed E-state index contributed by atoms with van der Waals surface area (Å²) < 4.78 is 16.8. The number of aromatic hydroxyl groups is 1. The van der Waals surface area contributed by atoms with E-state index in [1.54, 1.807) is 12.1 Å². The number of benzene rings is 2. The quantitative estimate of drug-likeness (QED) is 0.760. The maximum Gasteiger partial charge on any atom is 0.232 e. The highest BCUT2D eigenvalue weighted by Crippen LogP contribution is 2.43. The van der Waals surface area contributed by atoms with Crippen molar-refractivity contribution in [3.05, 3.63) is 52.3 Å². The van der Waals surface area contributed by atoms with E-state index in [9.17, 15) is 9.90 Å².